The van der Waals surface area contributed by atoms with Crippen LogP contribution in [0.4, 0.5) is 5.69 Å². The van der Waals surface area contributed by atoms with Crippen molar-refractivity contribution < 1.29 is 9.53 Å². The minimum absolute atomic E-state index is 0.257. The molecule has 3 nitrogen and oxygen atoms in total. The number of benzene rings is 2. The Kier molecular flexibility index (Phi) is 8.12. The predicted molar refractivity (Wildman–Crippen MR) is 126 cm³/mol. The summed E-state index contributed by atoms with van der Waals surface area (Å²) in [6.07, 6.45) is 7.74. The maximum atomic E-state index is 12.1. The molecule has 0 radical (unpaired) electrons. The van der Waals surface area contributed by atoms with Crippen molar-refractivity contribution in [3.63, 3.8) is 0 Å². The van der Waals surface area contributed by atoms with Crippen molar-refractivity contribution in [2.75, 3.05) is 24.6 Å². The van der Waals surface area contributed by atoms with Crippen molar-refractivity contribution in [2.45, 2.75) is 58.3 Å². The fourth-order valence-electron chi connectivity index (χ4n) is 4.06. The van der Waals surface area contributed by atoms with Gasteiger partial charge in [0.1, 0.15) is 0 Å². The van der Waals surface area contributed by atoms with Gasteiger partial charge in [0, 0.05) is 24.9 Å². The first-order valence-electron chi connectivity index (χ1n) is 11.4. The maximum Gasteiger partial charge on any atom is 0.330 e. The van der Waals surface area contributed by atoms with Crippen LogP contribution in [-0.4, -0.2) is 25.7 Å². The van der Waals surface area contributed by atoms with Gasteiger partial charge in [0.05, 0.1) is 6.61 Å². The average molecular weight is 406 g/mol. The van der Waals surface area contributed by atoms with E-state index in [9.17, 15) is 4.79 Å². The van der Waals surface area contributed by atoms with Gasteiger partial charge in [0.15, 0.2) is 0 Å². The van der Waals surface area contributed by atoms with Crippen LogP contribution < -0.4 is 4.90 Å². The Labute approximate surface area is 181 Å². The van der Waals surface area contributed by atoms with E-state index < -0.39 is 0 Å². The van der Waals surface area contributed by atoms with E-state index in [1.165, 1.54) is 16.8 Å². The summed E-state index contributed by atoms with van der Waals surface area (Å²) in [7, 11) is 0. The number of hydrogen-bond donors (Lipinski definition) is 0. The van der Waals surface area contributed by atoms with Crippen molar-refractivity contribution in [3.05, 3.63) is 71.3 Å². The summed E-state index contributed by atoms with van der Waals surface area (Å²) in [5.41, 5.74) is 5.05. The van der Waals surface area contributed by atoms with Gasteiger partial charge in [-0.25, -0.2) is 4.79 Å². The van der Waals surface area contributed by atoms with Gasteiger partial charge in [-0.3, -0.25) is 0 Å². The van der Waals surface area contributed by atoms with E-state index in [0.717, 1.165) is 44.3 Å². The first-order chi connectivity index (χ1) is 14.6. The first-order valence-corrected chi connectivity index (χ1v) is 11.4. The van der Waals surface area contributed by atoms with E-state index in [1.54, 1.807) is 6.08 Å². The summed E-state index contributed by atoms with van der Waals surface area (Å²) < 4.78 is 5.29. The molecule has 0 amide bonds. The molecule has 1 aliphatic heterocycles. The van der Waals surface area contributed by atoms with Crippen LogP contribution in [0, 0.1) is 0 Å². The van der Waals surface area contributed by atoms with E-state index in [2.05, 4.69) is 74.2 Å². The zero-order valence-corrected chi connectivity index (χ0v) is 18.6. The maximum absolute atomic E-state index is 12.1. The van der Waals surface area contributed by atoms with E-state index in [1.807, 2.05) is 6.08 Å². The molecule has 30 heavy (non-hydrogen) atoms. The Balaban J connectivity index is 1.73. The van der Waals surface area contributed by atoms with Crippen molar-refractivity contribution in [1.29, 1.82) is 0 Å². The number of ether oxygens (including phenoxy) is 1. The molecule has 0 atom stereocenters. The molecule has 0 saturated carbocycles. The monoisotopic (exact) mass is 405 g/mol. The summed E-state index contributed by atoms with van der Waals surface area (Å²) in [5, 5.41) is 0. The second-order valence-electron chi connectivity index (χ2n) is 8.50. The Morgan fingerprint density at radius 1 is 1.13 bits per heavy atom. The first kappa shape index (κ1) is 22.1. The molecule has 0 unspecified atom stereocenters. The lowest BCUT2D eigenvalue weighted by Gasteiger charge is -2.35. The summed E-state index contributed by atoms with van der Waals surface area (Å²) in [6, 6.07) is 17.5. The van der Waals surface area contributed by atoms with Gasteiger partial charge < -0.3 is 9.64 Å². The quantitative estimate of drug-likeness (QED) is 0.283. The van der Waals surface area contributed by atoms with Crippen LogP contribution in [0.5, 0.6) is 0 Å². The van der Waals surface area contributed by atoms with Crippen LogP contribution in [0.25, 0.3) is 6.08 Å². The number of nitrogens with zero attached hydrogens (tertiary/aromatic N) is 1. The molecule has 0 aromatic heterocycles. The number of esters is 1. The summed E-state index contributed by atoms with van der Waals surface area (Å²) in [4.78, 5) is 14.5. The zero-order chi connectivity index (χ0) is 21.3. The SMILES string of the molecule is CCCCOC(=O)/C=C/c1cc(C(C)C)ccc1N1CCC(c2ccccc2)CC1. The molecule has 2 aromatic carbocycles. The molecule has 0 bridgehead atoms. The molecule has 0 N–H and O–H groups in total. The Hall–Kier alpha value is -2.55. The third-order valence-corrected chi connectivity index (χ3v) is 5.97. The number of carbonyl (C=O) groups is 1. The minimum Gasteiger partial charge on any atom is -0.463 e. The third-order valence-electron chi connectivity index (χ3n) is 5.97. The standard InChI is InChI=1S/C27H35NO2/c1-4-5-19-30-27(29)14-12-25-20-24(21(2)3)11-13-26(25)28-17-15-23(16-18-28)22-9-7-6-8-10-22/h6-14,20-21,23H,4-5,15-19H2,1-3H3/b14-12+. The summed E-state index contributed by atoms with van der Waals surface area (Å²) in [5.74, 6) is 0.823. The Morgan fingerprint density at radius 3 is 2.53 bits per heavy atom. The number of unbranched alkanes of at least 4 members (excludes halogenated alkanes) is 1. The molecule has 1 saturated heterocycles. The lowest BCUT2D eigenvalue weighted by molar-refractivity contribution is -0.137. The number of anilines is 1. The molecule has 1 aliphatic rings. The van der Waals surface area contributed by atoms with E-state index >= 15 is 0 Å². The van der Waals surface area contributed by atoms with Crippen LogP contribution in [0.1, 0.15) is 75.0 Å². The van der Waals surface area contributed by atoms with Crippen molar-refractivity contribution >= 4 is 17.7 Å². The summed E-state index contributed by atoms with van der Waals surface area (Å²) in [6.45, 7) is 9.05. The molecule has 160 valence electrons. The van der Waals surface area contributed by atoms with Crippen LogP contribution >= 0.6 is 0 Å². The summed E-state index contributed by atoms with van der Waals surface area (Å²) >= 11 is 0. The van der Waals surface area contributed by atoms with Gasteiger partial charge in [0.2, 0.25) is 0 Å². The number of hydrogen-bond acceptors (Lipinski definition) is 3. The van der Waals surface area contributed by atoms with Crippen LogP contribution in [0.2, 0.25) is 0 Å². The van der Waals surface area contributed by atoms with Gasteiger partial charge in [-0.05, 0) is 66.0 Å². The number of carbonyl (C=O) groups excluding carboxylic acids is 1. The van der Waals surface area contributed by atoms with Crippen molar-refractivity contribution in [2.24, 2.45) is 0 Å². The smallest absolute Gasteiger partial charge is 0.330 e. The Morgan fingerprint density at radius 2 is 1.87 bits per heavy atom. The molecular weight excluding hydrogens is 370 g/mol. The second-order valence-corrected chi connectivity index (χ2v) is 8.50. The molecule has 1 fully saturated rings. The van der Waals surface area contributed by atoms with Crippen molar-refractivity contribution in [1.82, 2.24) is 0 Å². The molecule has 3 heteroatoms. The number of rotatable bonds is 8. The van der Waals surface area contributed by atoms with Crippen LogP contribution in [-0.2, 0) is 9.53 Å². The van der Waals surface area contributed by atoms with Crippen molar-refractivity contribution in [3.8, 4) is 0 Å². The van der Waals surface area contributed by atoms with Gasteiger partial charge >= 0.3 is 5.97 Å². The third kappa shape index (κ3) is 5.98. The fourth-order valence-corrected chi connectivity index (χ4v) is 4.06. The topological polar surface area (TPSA) is 29.5 Å². The van der Waals surface area contributed by atoms with E-state index in [0.29, 0.717) is 18.4 Å². The lowest BCUT2D eigenvalue weighted by Crippen LogP contribution is -2.33. The highest BCUT2D eigenvalue weighted by Gasteiger charge is 2.22. The zero-order valence-electron chi connectivity index (χ0n) is 18.6. The second kappa shape index (κ2) is 11.0. The Bertz CT molecular complexity index is 833. The fraction of sp³-hybridized carbons (Fsp3) is 0.444. The molecule has 0 spiro atoms. The number of piperidine rings is 1. The highest BCUT2D eigenvalue weighted by Crippen LogP contribution is 2.33. The van der Waals surface area contributed by atoms with Crippen LogP contribution in [0.15, 0.2) is 54.6 Å². The molecule has 0 aliphatic carbocycles. The molecule has 2 aromatic rings. The minimum atomic E-state index is -0.257. The molecule has 3 rings (SSSR count). The largest absolute Gasteiger partial charge is 0.463 e. The van der Waals surface area contributed by atoms with Gasteiger partial charge in [0.25, 0.3) is 0 Å². The predicted octanol–water partition coefficient (Wildman–Crippen LogP) is 6.55. The van der Waals surface area contributed by atoms with Gasteiger partial charge in [-0.1, -0.05) is 63.6 Å². The molecular formula is C27H35NO2. The van der Waals surface area contributed by atoms with Crippen LogP contribution in [0.3, 0.4) is 0 Å². The lowest BCUT2D eigenvalue weighted by atomic mass is 9.89. The van der Waals surface area contributed by atoms with Gasteiger partial charge in [-0.2, -0.15) is 0 Å². The average Bonchev–Trinajstić information content (AvgIpc) is 2.78. The van der Waals surface area contributed by atoms with Gasteiger partial charge in [-0.15, -0.1) is 0 Å². The van der Waals surface area contributed by atoms with E-state index in [4.69, 9.17) is 4.74 Å². The molecule has 1 heterocycles. The van der Waals surface area contributed by atoms with E-state index in [-0.39, 0.29) is 5.97 Å². The normalized spacial score (nSPS) is 15.1. The highest BCUT2D eigenvalue weighted by molar-refractivity contribution is 5.88. The highest BCUT2D eigenvalue weighted by atomic mass is 16.5.